The molecule has 0 aliphatic rings. The number of carbonyl (C=O) groups excluding carboxylic acids is 4. The lowest BCUT2D eigenvalue weighted by Gasteiger charge is -2.20. The van der Waals surface area contributed by atoms with Crippen molar-refractivity contribution in [3.8, 4) is 0 Å². The minimum atomic E-state index is -0.915. The summed E-state index contributed by atoms with van der Waals surface area (Å²) >= 11 is 0. The zero-order chi connectivity index (χ0) is 37.6. The highest BCUT2D eigenvalue weighted by Gasteiger charge is 2.26. The van der Waals surface area contributed by atoms with Crippen molar-refractivity contribution in [1.82, 2.24) is 34.0 Å². The summed E-state index contributed by atoms with van der Waals surface area (Å²) in [6, 6.07) is 7.08. The molecule has 4 aromatic rings. The molecule has 0 fully saturated rings. The van der Waals surface area contributed by atoms with Crippen molar-refractivity contribution in [3.05, 3.63) is 103 Å². The summed E-state index contributed by atoms with van der Waals surface area (Å²) in [7, 11) is 1.40. The Morgan fingerprint density at radius 2 is 1.12 bits per heavy atom. The zero-order valence-corrected chi connectivity index (χ0v) is 29.3. The van der Waals surface area contributed by atoms with Crippen LogP contribution in [0.15, 0.2) is 63.3 Å². The summed E-state index contributed by atoms with van der Waals surface area (Å²) in [6.45, 7) is 10.6. The van der Waals surface area contributed by atoms with Crippen molar-refractivity contribution in [1.29, 1.82) is 0 Å². The maximum atomic E-state index is 13.8. The van der Waals surface area contributed by atoms with Gasteiger partial charge in [0.05, 0.1) is 18.6 Å². The van der Waals surface area contributed by atoms with Crippen LogP contribution in [-0.4, -0.2) is 59.3 Å². The van der Waals surface area contributed by atoms with Gasteiger partial charge in [0, 0.05) is 31.2 Å². The van der Waals surface area contributed by atoms with Crippen LogP contribution >= 0.6 is 0 Å². The van der Waals surface area contributed by atoms with Gasteiger partial charge in [-0.25, -0.2) is 15.0 Å². The largest absolute Gasteiger partial charge is 0.352 e. The first-order valence-corrected chi connectivity index (χ1v) is 16.2. The maximum Gasteiger partial charge on any atom is 0.291 e. The molecule has 3 heterocycles. The summed E-state index contributed by atoms with van der Waals surface area (Å²) in [4.78, 5) is 105. The molecule has 1 atom stereocenters. The lowest BCUT2D eigenvalue weighted by atomic mass is 10.2. The highest BCUT2D eigenvalue weighted by atomic mass is 16.2. The molecule has 0 aliphatic carbocycles. The van der Waals surface area contributed by atoms with E-state index in [-0.39, 0.29) is 47.0 Å². The molecule has 3 aromatic heterocycles. The van der Waals surface area contributed by atoms with Crippen molar-refractivity contribution in [2.75, 3.05) is 23.0 Å². The number of anilines is 3. The molecule has 51 heavy (non-hydrogen) atoms. The Bertz CT molecular complexity index is 2150. The van der Waals surface area contributed by atoms with Crippen LogP contribution < -0.4 is 37.9 Å². The third kappa shape index (κ3) is 8.14. The number of hydrogen-bond acceptors (Lipinski definition) is 10. The Morgan fingerprint density at radius 3 is 1.61 bits per heavy atom. The van der Waals surface area contributed by atoms with E-state index in [4.69, 9.17) is 0 Å². The molecule has 0 saturated carbocycles. The molecule has 268 valence electrons. The first-order valence-electron chi connectivity index (χ1n) is 16.2. The first kappa shape index (κ1) is 37.6. The Kier molecular flexibility index (Phi) is 11.8. The average Bonchev–Trinajstić information content (AvgIpc) is 3.10. The number of benzene rings is 1. The minimum Gasteiger partial charge on any atom is -0.352 e. The van der Waals surface area contributed by atoms with Gasteiger partial charge in [0.1, 0.15) is 17.1 Å². The van der Waals surface area contributed by atoms with Gasteiger partial charge in [0.2, 0.25) is 17.5 Å². The van der Waals surface area contributed by atoms with Crippen LogP contribution in [0.5, 0.6) is 0 Å². The van der Waals surface area contributed by atoms with Crippen LogP contribution in [0.4, 0.5) is 17.1 Å². The van der Waals surface area contributed by atoms with Gasteiger partial charge < -0.3 is 21.3 Å². The molecule has 0 aliphatic heterocycles. The van der Waals surface area contributed by atoms with Gasteiger partial charge in [-0.3, -0.25) is 47.3 Å². The molecule has 17 nitrogen and oxygen atoms in total. The normalized spacial score (nSPS) is 11.6. The summed E-state index contributed by atoms with van der Waals surface area (Å²) in [5.41, 5.74) is -2.54. The standard InChI is InChI=1S/C34H40N10O7/c1-8-20(6)44-27(31(48)40-22-14-36-25(29(46)35-7)42(32(22)49)17-18(2)3)38-16-24(34(44)51)41-30(47)26-37-15-23(33(50)43(26)19(4)5)39-28(45)21-12-10-9-11-13-21/h9-16,18-20H,8,17H2,1-7H3,(H,35,46)(H,39,45)(H,40,48)(H,41,47)/t20-/m1/s1. The molecule has 4 rings (SSSR count). The summed E-state index contributed by atoms with van der Waals surface area (Å²) in [6.07, 6.45) is 3.49. The van der Waals surface area contributed by atoms with Crippen LogP contribution in [0.3, 0.4) is 0 Å². The second-order valence-electron chi connectivity index (χ2n) is 12.3. The maximum absolute atomic E-state index is 13.8. The number of aromatic nitrogens is 6. The van der Waals surface area contributed by atoms with Crippen LogP contribution in [-0.2, 0) is 6.54 Å². The molecule has 0 saturated heterocycles. The van der Waals surface area contributed by atoms with Crippen molar-refractivity contribution in [3.63, 3.8) is 0 Å². The van der Waals surface area contributed by atoms with Crippen LogP contribution in [0.25, 0.3) is 0 Å². The quantitative estimate of drug-likeness (QED) is 0.169. The Morgan fingerprint density at radius 1 is 0.647 bits per heavy atom. The molecule has 17 heteroatoms. The molecule has 0 unspecified atom stereocenters. The van der Waals surface area contributed by atoms with Gasteiger partial charge in [0.15, 0.2) is 0 Å². The van der Waals surface area contributed by atoms with E-state index in [9.17, 15) is 33.6 Å². The molecule has 0 spiro atoms. The van der Waals surface area contributed by atoms with Gasteiger partial charge in [0.25, 0.3) is 40.3 Å². The lowest BCUT2D eigenvalue weighted by Crippen LogP contribution is -2.38. The van der Waals surface area contributed by atoms with Crippen LogP contribution in [0, 0.1) is 5.92 Å². The molecule has 4 amide bonds. The van der Waals surface area contributed by atoms with E-state index < -0.39 is 52.4 Å². The van der Waals surface area contributed by atoms with Crippen LogP contribution in [0.1, 0.15) is 102 Å². The topological polar surface area (TPSA) is 221 Å². The molecule has 0 radical (unpaired) electrons. The Labute approximate surface area is 292 Å². The van der Waals surface area contributed by atoms with E-state index >= 15 is 0 Å². The average molecular weight is 701 g/mol. The lowest BCUT2D eigenvalue weighted by molar-refractivity contribution is 0.0943. The Balaban J connectivity index is 1.67. The predicted molar refractivity (Wildman–Crippen MR) is 189 cm³/mol. The molecule has 0 bridgehead atoms. The van der Waals surface area contributed by atoms with E-state index in [2.05, 4.69) is 36.2 Å². The van der Waals surface area contributed by atoms with Crippen molar-refractivity contribution in [2.45, 2.75) is 66.6 Å². The summed E-state index contributed by atoms with van der Waals surface area (Å²) in [5, 5.41) is 9.86. The van der Waals surface area contributed by atoms with E-state index in [1.807, 2.05) is 13.8 Å². The second kappa shape index (κ2) is 16.0. The zero-order valence-electron chi connectivity index (χ0n) is 29.3. The SMILES string of the molecule is CC[C@@H](C)n1c(C(=O)Nc2cnc(C(=O)NC)n(CC(C)C)c2=O)ncc(NC(=O)c2ncc(NC(=O)c3ccccc3)c(=O)n2C(C)C)c1=O. The number of hydrogen-bond donors (Lipinski definition) is 4. The summed E-state index contributed by atoms with van der Waals surface area (Å²) < 4.78 is 3.31. The second-order valence-corrected chi connectivity index (χ2v) is 12.3. The van der Waals surface area contributed by atoms with Crippen molar-refractivity contribution < 1.29 is 19.2 Å². The molecular weight excluding hydrogens is 660 g/mol. The van der Waals surface area contributed by atoms with Crippen molar-refractivity contribution >= 4 is 40.7 Å². The van der Waals surface area contributed by atoms with Gasteiger partial charge in [-0.2, -0.15) is 0 Å². The van der Waals surface area contributed by atoms with E-state index in [1.165, 1.54) is 7.05 Å². The van der Waals surface area contributed by atoms with Gasteiger partial charge in [-0.05, 0) is 45.2 Å². The third-order valence-electron chi connectivity index (χ3n) is 7.75. The predicted octanol–water partition coefficient (Wildman–Crippen LogP) is 2.68. The van der Waals surface area contributed by atoms with Crippen molar-refractivity contribution in [2.24, 2.45) is 5.92 Å². The Hall–Kier alpha value is -6.26. The fourth-order valence-corrected chi connectivity index (χ4v) is 5.06. The minimum absolute atomic E-state index is 0.0391. The van der Waals surface area contributed by atoms with Gasteiger partial charge in [-0.15, -0.1) is 0 Å². The third-order valence-corrected chi connectivity index (χ3v) is 7.75. The summed E-state index contributed by atoms with van der Waals surface area (Å²) in [5.74, 6) is -3.81. The monoisotopic (exact) mass is 700 g/mol. The number of nitrogens with zero attached hydrogens (tertiary/aromatic N) is 6. The van der Waals surface area contributed by atoms with E-state index in [0.717, 1.165) is 32.3 Å². The highest BCUT2D eigenvalue weighted by molar-refractivity contribution is 6.05. The van der Waals surface area contributed by atoms with Crippen LogP contribution in [0.2, 0.25) is 0 Å². The highest BCUT2D eigenvalue weighted by Crippen LogP contribution is 2.15. The van der Waals surface area contributed by atoms with E-state index in [1.54, 1.807) is 58.0 Å². The number of carbonyl (C=O) groups is 4. The molecule has 1 aromatic carbocycles. The number of amides is 4. The molecule has 4 N–H and O–H groups in total. The first-order chi connectivity index (χ1) is 24.2. The number of nitrogens with one attached hydrogen (secondary N) is 4. The fourth-order valence-electron chi connectivity index (χ4n) is 5.06. The van der Waals surface area contributed by atoms with Gasteiger partial charge in [-0.1, -0.05) is 39.0 Å². The smallest absolute Gasteiger partial charge is 0.291 e. The number of rotatable bonds is 12. The molecular formula is C34H40N10O7. The fraction of sp³-hybridized carbons (Fsp3) is 0.353. The van der Waals surface area contributed by atoms with E-state index in [0.29, 0.717) is 12.0 Å². The van der Waals surface area contributed by atoms with Gasteiger partial charge >= 0.3 is 0 Å².